The molecule has 0 spiro atoms. The van der Waals surface area contributed by atoms with Gasteiger partial charge in [0.25, 0.3) is 0 Å². The molecule has 2 unspecified atom stereocenters. The van der Waals surface area contributed by atoms with Gasteiger partial charge < -0.3 is 23.5 Å². The average molecular weight is 695 g/mol. The predicted octanol–water partition coefficient (Wildman–Crippen LogP) is 10.2. The Morgan fingerprint density at radius 3 is 1.52 bits per heavy atom. The van der Waals surface area contributed by atoms with Gasteiger partial charge in [0.05, 0.1) is 12.2 Å². The zero-order valence-electron chi connectivity index (χ0n) is 32.9. The van der Waals surface area contributed by atoms with Crippen LogP contribution in [0.2, 0.25) is 54.4 Å². The van der Waals surface area contributed by atoms with Gasteiger partial charge in [-0.3, -0.25) is 0 Å². The van der Waals surface area contributed by atoms with Gasteiger partial charge in [-0.05, 0) is 105 Å². The van der Waals surface area contributed by atoms with Crippen molar-refractivity contribution in [1.29, 1.82) is 0 Å². The third-order valence-electron chi connectivity index (χ3n) is 10.4. The number of unbranched alkanes of at least 4 members (excludes halogenated alkanes) is 4. The molecule has 46 heavy (non-hydrogen) atoms. The predicted molar refractivity (Wildman–Crippen MR) is 207 cm³/mol. The summed E-state index contributed by atoms with van der Waals surface area (Å²) in [4.78, 5) is 0. The Labute approximate surface area is 289 Å². The van der Waals surface area contributed by atoms with Gasteiger partial charge in [0, 0.05) is 6.61 Å². The minimum absolute atomic E-state index is 0.0113. The molecule has 0 aromatic carbocycles. The second kappa shape index (κ2) is 19.5. The van der Waals surface area contributed by atoms with Crippen molar-refractivity contribution in [2.24, 2.45) is 0 Å². The van der Waals surface area contributed by atoms with Crippen molar-refractivity contribution >= 4 is 25.0 Å². The van der Waals surface area contributed by atoms with Crippen LogP contribution in [0.3, 0.4) is 0 Å². The summed E-state index contributed by atoms with van der Waals surface area (Å²) in [5, 5.41) is 22.5. The lowest BCUT2D eigenvalue weighted by atomic mass is 10.1. The fraction of sp³-hybridized carbons (Fsp3) is 0.842. The van der Waals surface area contributed by atoms with E-state index >= 15 is 0 Å². The van der Waals surface area contributed by atoms with E-state index < -0.39 is 49.4 Å². The first kappa shape index (κ1) is 45.3. The van der Waals surface area contributed by atoms with Crippen molar-refractivity contribution in [1.82, 2.24) is 0 Å². The average Bonchev–Trinajstić information content (AvgIpc) is 2.89. The Morgan fingerprint density at radius 2 is 1.07 bits per heavy atom. The maximum Gasteiger partial charge on any atom is 0.192 e. The first-order chi connectivity index (χ1) is 20.8. The second-order valence-electron chi connectivity index (χ2n) is 17.6. The van der Waals surface area contributed by atoms with Crippen LogP contribution in [0.4, 0.5) is 0 Å². The van der Waals surface area contributed by atoms with E-state index in [1.54, 1.807) is 0 Å². The third-order valence-corrected chi connectivity index (χ3v) is 23.9. The van der Waals surface area contributed by atoms with E-state index in [1.165, 1.54) is 19.3 Å². The van der Waals surface area contributed by atoms with E-state index in [0.29, 0.717) is 12.8 Å². The van der Waals surface area contributed by atoms with Crippen LogP contribution in [-0.4, -0.2) is 66.2 Å². The molecule has 0 bridgehead atoms. The molecule has 8 heteroatoms. The van der Waals surface area contributed by atoms with Crippen molar-refractivity contribution in [2.75, 3.05) is 6.61 Å². The maximum atomic E-state index is 11.2. The third kappa shape index (κ3) is 16.6. The Morgan fingerprint density at radius 1 is 0.609 bits per heavy atom. The summed E-state index contributed by atoms with van der Waals surface area (Å²) in [6, 6.07) is 0. The van der Waals surface area contributed by atoms with Crippen molar-refractivity contribution in [2.45, 2.75) is 199 Å². The normalized spacial score (nSPS) is 16.3. The Bertz CT molecular complexity index is 1020. The molecule has 268 valence electrons. The molecule has 0 fully saturated rings. The lowest BCUT2D eigenvalue weighted by Gasteiger charge is -2.40. The Kier molecular flexibility index (Phi) is 19.2. The minimum atomic E-state index is -2.14. The highest BCUT2D eigenvalue weighted by Crippen LogP contribution is 2.39. The van der Waals surface area contributed by atoms with Crippen LogP contribution in [0.25, 0.3) is 0 Å². The lowest BCUT2D eigenvalue weighted by molar-refractivity contribution is 0.0542. The summed E-state index contributed by atoms with van der Waals surface area (Å²) in [6.45, 7) is 36.3. The molecule has 0 aromatic heterocycles. The number of hydrogen-bond acceptors (Lipinski definition) is 5. The van der Waals surface area contributed by atoms with Gasteiger partial charge in [-0.1, -0.05) is 106 Å². The highest BCUT2D eigenvalue weighted by atomic mass is 28.4. The van der Waals surface area contributed by atoms with Gasteiger partial charge in [0.15, 0.2) is 25.0 Å². The Hall–Kier alpha value is -0.689. The largest absolute Gasteiger partial charge is 0.417 e. The smallest absolute Gasteiger partial charge is 0.192 e. The van der Waals surface area contributed by atoms with Gasteiger partial charge in [-0.2, -0.15) is 0 Å². The number of aliphatic hydroxyl groups excluding tert-OH is 2. The van der Waals surface area contributed by atoms with Gasteiger partial charge in [0.1, 0.15) is 12.2 Å². The summed E-state index contributed by atoms with van der Waals surface area (Å²) in [6.07, 6.45) is 9.28. The van der Waals surface area contributed by atoms with Crippen molar-refractivity contribution in [3.8, 4) is 23.7 Å². The summed E-state index contributed by atoms with van der Waals surface area (Å²) in [7, 11) is -6.06. The van der Waals surface area contributed by atoms with Crippen molar-refractivity contribution < 1.29 is 23.5 Å². The highest BCUT2D eigenvalue weighted by molar-refractivity contribution is 6.74. The molecule has 4 atom stereocenters. The first-order valence-electron chi connectivity index (χ1n) is 17.8. The van der Waals surface area contributed by atoms with Crippen LogP contribution in [0, 0.1) is 23.7 Å². The summed E-state index contributed by atoms with van der Waals surface area (Å²) in [5.41, 5.74) is 0. The molecule has 0 rings (SSSR count). The van der Waals surface area contributed by atoms with E-state index in [2.05, 4.69) is 144 Å². The standard InChI is InChI=1S/C38H74O5Si3/c1-17-18-19-20-21-22-29-34(42-45(13,14)37(5,6)7)32(39)27-23-24-28-33(40)35(43-46(15,16)38(8,9)10)30-25-26-31-41-44(11,12)36(2,3)4/h21-22,32-35,39-40H,17-20,25-26,29-31H2,1-16H3/b22-21-/t32?,33?,34-,35+/m1/s1. The molecule has 0 saturated carbocycles. The van der Waals surface area contributed by atoms with Crippen molar-refractivity contribution in [3.63, 3.8) is 0 Å². The van der Waals surface area contributed by atoms with Gasteiger partial charge in [-0.25, -0.2) is 0 Å². The number of rotatable bonds is 18. The molecule has 0 radical (unpaired) electrons. The van der Waals surface area contributed by atoms with Gasteiger partial charge >= 0.3 is 0 Å². The molecule has 0 amide bonds. The highest BCUT2D eigenvalue weighted by Gasteiger charge is 2.41. The Balaban J connectivity index is 5.75. The van der Waals surface area contributed by atoms with Crippen LogP contribution < -0.4 is 0 Å². The molecule has 5 nitrogen and oxygen atoms in total. The molecular weight excluding hydrogens is 621 g/mol. The van der Waals surface area contributed by atoms with Gasteiger partial charge in [-0.15, -0.1) is 0 Å². The van der Waals surface area contributed by atoms with E-state index in [-0.39, 0.29) is 15.1 Å². The molecule has 2 N–H and O–H groups in total. The molecule has 0 aromatic rings. The van der Waals surface area contributed by atoms with E-state index in [9.17, 15) is 10.2 Å². The minimum Gasteiger partial charge on any atom is -0.417 e. The second-order valence-corrected chi connectivity index (χ2v) is 31.9. The molecular formula is C38H74O5Si3. The SMILES string of the molecule is CCCCC/C=C\C[C@@H](O[Si](C)(C)C(C)(C)C)C(O)C#CC#CC(O)[C@H](CCCCO[Si](C)(C)C(C)(C)C)O[Si](C)(C)C(C)(C)C. The van der Waals surface area contributed by atoms with Crippen LogP contribution in [0.5, 0.6) is 0 Å². The first-order valence-corrected chi connectivity index (χ1v) is 26.5. The number of allylic oxidation sites excluding steroid dienone is 1. The quantitative estimate of drug-likeness (QED) is 0.0647. The molecule has 0 aliphatic heterocycles. The summed E-state index contributed by atoms with van der Waals surface area (Å²) < 4.78 is 19.7. The molecule has 0 heterocycles. The monoisotopic (exact) mass is 694 g/mol. The fourth-order valence-electron chi connectivity index (χ4n) is 3.89. The number of aliphatic hydroxyl groups is 2. The topological polar surface area (TPSA) is 68.2 Å². The molecule has 0 aliphatic carbocycles. The van der Waals surface area contributed by atoms with Gasteiger partial charge in [0.2, 0.25) is 0 Å². The van der Waals surface area contributed by atoms with Crippen LogP contribution in [-0.2, 0) is 13.3 Å². The number of hydrogen-bond donors (Lipinski definition) is 2. The van der Waals surface area contributed by atoms with Crippen LogP contribution in [0.1, 0.15) is 121 Å². The zero-order chi connectivity index (χ0) is 36.0. The van der Waals surface area contributed by atoms with Crippen LogP contribution in [0.15, 0.2) is 12.2 Å². The fourth-order valence-corrected chi connectivity index (χ4v) is 7.67. The summed E-state index contributed by atoms with van der Waals surface area (Å²) in [5.74, 6) is 11.5. The van der Waals surface area contributed by atoms with E-state index in [1.807, 2.05) is 0 Å². The summed E-state index contributed by atoms with van der Waals surface area (Å²) >= 11 is 0. The maximum absolute atomic E-state index is 11.2. The van der Waals surface area contributed by atoms with Crippen molar-refractivity contribution in [3.05, 3.63) is 12.2 Å². The molecule has 0 aliphatic rings. The lowest BCUT2D eigenvalue weighted by Crippen LogP contribution is -2.47. The van der Waals surface area contributed by atoms with Crippen LogP contribution >= 0.6 is 0 Å². The van der Waals surface area contributed by atoms with E-state index in [0.717, 1.165) is 25.9 Å². The molecule has 0 saturated heterocycles. The zero-order valence-corrected chi connectivity index (χ0v) is 35.9. The van der Waals surface area contributed by atoms with E-state index in [4.69, 9.17) is 13.3 Å².